The van der Waals surface area contributed by atoms with Crippen molar-refractivity contribution in [2.24, 2.45) is 11.7 Å². The number of hydrogen-bond acceptors (Lipinski definition) is 5. The van der Waals surface area contributed by atoms with E-state index in [2.05, 4.69) is 34.5 Å². The Kier molecular flexibility index (Phi) is 5.23. The Hall–Kier alpha value is -2.80. The number of carbonyl (C=O) groups excluding carboxylic acids is 1. The zero-order valence-corrected chi connectivity index (χ0v) is 16.2. The van der Waals surface area contributed by atoms with E-state index in [0.717, 1.165) is 23.0 Å². The number of rotatable bonds is 6. The van der Waals surface area contributed by atoms with Crippen LogP contribution in [0.15, 0.2) is 36.5 Å². The van der Waals surface area contributed by atoms with Crippen LogP contribution in [-0.4, -0.2) is 38.0 Å². The highest BCUT2D eigenvalue weighted by Crippen LogP contribution is 2.20. The molecule has 7 nitrogen and oxygen atoms in total. The van der Waals surface area contributed by atoms with Gasteiger partial charge in [0.15, 0.2) is 5.69 Å². The molecule has 3 aromatic rings. The first kappa shape index (κ1) is 19.0. The van der Waals surface area contributed by atoms with E-state index in [1.165, 1.54) is 0 Å². The summed E-state index contributed by atoms with van der Waals surface area (Å²) in [7, 11) is 0. The van der Waals surface area contributed by atoms with Crippen molar-refractivity contribution in [3.63, 3.8) is 0 Å². The number of amides is 1. The summed E-state index contributed by atoms with van der Waals surface area (Å²) in [4.78, 5) is 17.1. The minimum atomic E-state index is -0.476. The van der Waals surface area contributed by atoms with Crippen LogP contribution in [0.2, 0.25) is 0 Å². The lowest BCUT2D eigenvalue weighted by Gasteiger charge is -2.30. The summed E-state index contributed by atoms with van der Waals surface area (Å²) < 4.78 is 1.67. The van der Waals surface area contributed by atoms with E-state index >= 15 is 0 Å². The predicted molar refractivity (Wildman–Crippen MR) is 106 cm³/mol. The molecule has 0 aliphatic heterocycles. The smallest absolute Gasteiger partial charge is 0.274 e. The van der Waals surface area contributed by atoms with Crippen molar-refractivity contribution in [2.75, 3.05) is 6.54 Å². The van der Waals surface area contributed by atoms with Gasteiger partial charge in [-0.25, -0.2) is 4.68 Å². The van der Waals surface area contributed by atoms with Crippen molar-refractivity contribution < 1.29 is 4.79 Å². The van der Waals surface area contributed by atoms with Crippen LogP contribution in [0.5, 0.6) is 0 Å². The number of aromatic nitrogens is 4. The number of nitrogens with two attached hydrogens (primary N) is 1. The molecular weight excluding hydrogens is 340 g/mol. The number of fused-ring (bicyclic) bond motifs is 1. The summed E-state index contributed by atoms with van der Waals surface area (Å²) >= 11 is 0. The van der Waals surface area contributed by atoms with Gasteiger partial charge in [-0.1, -0.05) is 25.1 Å². The molecule has 0 bridgehead atoms. The molecule has 1 aromatic carbocycles. The van der Waals surface area contributed by atoms with Crippen molar-refractivity contribution in [3.8, 4) is 5.69 Å². The molecule has 1 unspecified atom stereocenters. The summed E-state index contributed by atoms with van der Waals surface area (Å²) in [5, 5.41) is 12.3. The maximum absolute atomic E-state index is 12.8. The lowest BCUT2D eigenvalue weighted by molar-refractivity contribution is 0.0892. The fraction of sp³-hybridized carbons (Fsp3) is 0.400. The first-order valence-electron chi connectivity index (χ1n) is 9.13. The fourth-order valence-corrected chi connectivity index (χ4v) is 3.40. The quantitative estimate of drug-likeness (QED) is 0.699. The van der Waals surface area contributed by atoms with Crippen molar-refractivity contribution >= 4 is 16.8 Å². The lowest BCUT2D eigenvalue weighted by Crippen LogP contribution is -2.52. The molecule has 2 aromatic heterocycles. The van der Waals surface area contributed by atoms with Crippen LogP contribution in [0.3, 0.4) is 0 Å². The standard InChI is InChI=1S/C20H26N6O/c1-13(2)11-20(4,12-21)23-19(27)18-14(3)26(25-24-18)16-7-8-17-15(10-16)6-5-9-22-17/h5-10,13H,11-12,21H2,1-4H3,(H,23,27). The molecule has 142 valence electrons. The van der Waals surface area contributed by atoms with Crippen LogP contribution < -0.4 is 11.1 Å². The Morgan fingerprint density at radius 1 is 1.33 bits per heavy atom. The summed E-state index contributed by atoms with van der Waals surface area (Å²) in [6.45, 7) is 8.37. The van der Waals surface area contributed by atoms with E-state index in [4.69, 9.17) is 5.73 Å². The topological polar surface area (TPSA) is 98.7 Å². The van der Waals surface area contributed by atoms with Gasteiger partial charge in [0.25, 0.3) is 5.91 Å². The summed E-state index contributed by atoms with van der Waals surface area (Å²) in [6.07, 6.45) is 2.55. The summed E-state index contributed by atoms with van der Waals surface area (Å²) in [6, 6.07) is 9.71. The van der Waals surface area contributed by atoms with Crippen LogP contribution in [0.25, 0.3) is 16.6 Å². The molecule has 1 atom stereocenters. The van der Waals surface area contributed by atoms with Gasteiger partial charge in [-0.2, -0.15) is 0 Å². The maximum atomic E-state index is 12.8. The second-order valence-corrected chi connectivity index (χ2v) is 7.63. The Morgan fingerprint density at radius 3 is 2.81 bits per heavy atom. The first-order chi connectivity index (χ1) is 12.8. The van der Waals surface area contributed by atoms with Crippen LogP contribution in [0.4, 0.5) is 0 Å². The molecule has 1 amide bonds. The molecule has 3 rings (SSSR count). The molecule has 0 aliphatic carbocycles. The van der Waals surface area contributed by atoms with Crippen molar-refractivity contribution in [3.05, 3.63) is 47.9 Å². The minimum absolute atomic E-state index is 0.255. The summed E-state index contributed by atoms with van der Waals surface area (Å²) in [5.74, 6) is 0.164. The van der Waals surface area contributed by atoms with Crippen LogP contribution >= 0.6 is 0 Å². The third kappa shape index (κ3) is 3.98. The average molecular weight is 366 g/mol. The molecule has 0 saturated heterocycles. The number of hydrogen-bond donors (Lipinski definition) is 2. The molecule has 0 aliphatic rings. The van der Waals surface area contributed by atoms with Gasteiger partial charge in [0, 0.05) is 18.1 Å². The van der Waals surface area contributed by atoms with Crippen LogP contribution in [0.1, 0.15) is 43.4 Å². The van der Waals surface area contributed by atoms with Crippen LogP contribution in [-0.2, 0) is 0 Å². The van der Waals surface area contributed by atoms with Crippen molar-refractivity contribution in [1.82, 2.24) is 25.3 Å². The van der Waals surface area contributed by atoms with Gasteiger partial charge >= 0.3 is 0 Å². The van der Waals surface area contributed by atoms with E-state index in [9.17, 15) is 4.79 Å². The summed E-state index contributed by atoms with van der Waals surface area (Å²) in [5.41, 5.74) is 8.16. The van der Waals surface area contributed by atoms with Gasteiger partial charge in [-0.05, 0) is 50.5 Å². The molecule has 0 spiro atoms. The SMILES string of the molecule is Cc1c(C(=O)NC(C)(CN)CC(C)C)nnn1-c1ccc2ncccc2c1. The zero-order valence-electron chi connectivity index (χ0n) is 16.2. The Bertz CT molecular complexity index is 964. The first-order valence-corrected chi connectivity index (χ1v) is 9.13. The minimum Gasteiger partial charge on any atom is -0.344 e. The third-order valence-corrected chi connectivity index (χ3v) is 4.67. The molecule has 7 heteroatoms. The zero-order chi connectivity index (χ0) is 19.6. The van der Waals surface area contributed by atoms with Gasteiger partial charge in [0.05, 0.1) is 22.4 Å². The third-order valence-electron chi connectivity index (χ3n) is 4.67. The van der Waals surface area contributed by atoms with E-state index in [1.54, 1.807) is 10.9 Å². The number of pyridine rings is 1. The van der Waals surface area contributed by atoms with Crippen molar-refractivity contribution in [2.45, 2.75) is 39.7 Å². The predicted octanol–water partition coefficient (Wildman–Crippen LogP) is 2.62. The number of nitrogens with one attached hydrogen (secondary N) is 1. The number of nitrogens with zero attached hydrogens (tertiary/aromatic N) is 4. The molecule has 27 heavy (non-hydrogen) atoms. The molecule has 0 saturated carbocycles. The maximum Gasteiger partial charge on any atom is 0.274 e. The van der Waals surface area contributed by atoms with E-state index in [1.807, 2.05) is 44.2 Å². The molecular formula is C20H26N6O. The van der Waals surface area contributed by atoms with E-state index < -0.39 is 5.54 Å². The van der Waals surface area contributed by atoms with Gasteiger partial charge in [-0.15, -0.1) is 5.10 Å². The second kappa shape index (κ2) is 7.44. The molecule has 0 radical (unpaired) electrons. The Balaban J connectivity index is 1.88. The average Bonchev–Trinajstić information content (AvgIpc) is 3.02. The van der Waals surface area contributed by atoms with Gasteiger partial charge < -0.3 is 11.1 Å². The lowest BCUT2D eigenvalue weighted by atomic mass is 9.90. The normalized spacial score (nSPS) is 13.7. The van der Waals surface area contributed by atoms with Gasteiger partial charge in [0.2, 0.25) is 0 Å². The van der Waals surface area contributed by atoms with Crippen LogP contribution in [0, 0.1) is 12.8 Å². The van der Waals surface area contributed by atoms with E-state index in [0.29, 0.717) is 23.9 Å². The van der Waals surface area contributed by atoms with Gasteiger partial charge in [0.1, 0.15) is 0 Å². The highest BCUT2D eigenvalue weighted by Gasteiger charge is 2.28. The fourth-order valence-electron chi connectivity index (χ4n) is 3.40. The monoisotopic (exact) mass is 366 g/mol. The van der Waals surface area contributed by atoms with Crippen molar-refractivity contribution in [1.29, 1.82) is 0 Å². The second-order valence-electron chi connectivity index (χ2n) is 7.63. The van der Waals surface area contributed by atoms with Gasteiger partial charge in [-0.3, -0.25) is 9.78 Å². The van der Waals surface area contributed by atoms with E-state index in [-0.39, 0.29) is 5.91 Å². The number of benzene rings is 1. The molecule has 3 N–H and O–H groups in total. The Morgan fingerprint density at radius 2 is 2.11 bits per heavy atom. The number of carbonyl (C=O) groups is 1. The largest absolute Gasteiger partial charge is 0.344 e. The highest BCUT2D eigenvalue weighted by atomic mass is 16.2. The molecule has 2 heterocycles. The highest BCUT2D eigenvalue weighted by molar-refractivity contribution is 5.94. The Labute approximate surface area is 159 Å². The molecule has 0 fully saturated rings.